The first-order valence-corrected chi connectivity index (χ1v) is 9.69. The monoisotopic (exact) mass is 400 g/mol. The SMILES string of the molecule is Cc1ccc(C2=NN(c3ccc(/C=N/NC(=O)c4ccc(F)cc4)cc3)CC2)cc1. The molecule has 150 valence electrons. The Kier molecular flexibility index (Phi) is 5.66. The van der Waals surface area contributed by atoms with E-state index < -0.39 is 5.91 Å². The van der Waals surface area contributed by atoms with Crippen LogP contribution in [0, 0.1) is 12.7 Å². The number of hydrogen-bond donors (Lipinski definition) is 1. The molecule has 0 radical (unpaired) electrons. The number of benzene rings is 3. The van der Waals surface area contributed by atoms with Crippen LogP contribution in [-0.2, 0) is 0 Å². The highest BCUT2D eigenvalue weighted by molar-refractivity contribution is 6.02. The summed E-state index contributed by atoms with van der Waals surface area (Å²) in [6, 6.07) is 21.5. The largest absolute Gasteiger partial charge is 0.271 e. The van der Waals surface area contributed by atoms with E-state index in [4.69, 9.17) is 5.10 Å². The summed E-state index contributed by atoms with van der Waals surface area (Å²) in [4.78, 5) is 12.0. The van der Waals surface area contributed by atoms with Gasteiger partial charge in [0.2, 0.25) is 0 Å². The van der Waals surface area contributed by atoms with Crippen molar-refractivity contribution >= 4 is 23.5 Å². The fraction of sp³-hybridized carbons (Fsp3) is 0.125. The summed E-state index contributed by atoms with van der Waals surface area (Å²) in [5, 5.41) is 10.7. The Balaban J connectivity index is 1.37. The molecule has 6 heteroatoms. The van der Waals surface area contributed by atoms with Crippen LogP contribution >= 0.6 is 0 Å². The van der Waals surface area contributed by atoms with Crippen LogP contribution in [0.15, 0.2) is 83.0 Å². The van der Waals surface area contributed by atoms with Gasteiger partial charge in [0.25, 0.3) is 5.91 Å². The zero-order valence-electron chi connectivity index (χ0n) is 16.5. The predicted molar refractivity (Wildman–Crippen MR) is 118 cm³/mol. The van der Waals surface area contributed by atoms with E-state index in [1.54, 1.807) is 6.21 Å². The van der Waals surface area contributed by atoms with E-state index in [2.05, 4.69) is 41.7 Å². The molecule has 0 aliphatic carbocycles. The predicted octanol–water partition coefficient (Wildman–Crippen LogP) is 4.51. The average molecular weight is 400 g/mol. The number of carbonyl (C=O) groups is 1. The average Bonchev–Trinajstić information content (AvgIpc) is 3.25. The summed E-state index contributed by atoms with van der Waals surface area (Å²) in [6.07, 6.45) is 2.47. The lowest BCUT2D eigenvalue weighted by atomic mass is 10.1. The minimum Gasteiger partial charge on any atom is -0.267 e. The number of aryl methyl sites for hydroxylation is 1. The van der Waals surface area contributed by atoms with Crippen molar-refractivity contribution < 1.29 is 9.18 Å². The van der Waals surface area contributed by atoms with Crippen molar-refractivity contribution in [2.75, 3.05) is 11.6 Å². The van der Waals surface area contributed by atoms with Gasteiger partial charge in [-0.25, -0.2) is 9.82 Å². The molecule has 1 N–H and O–H groups in total. The van der Waals surface area contributed by atoms with Crippen LogP contribution in [0.4, 0.5) is 10.1 Å². The smallest absolute Gasteiger partial charge is 0.267 e. The third kappa shape index (κ3) is 4.60. The molecule has 0 saturated carbocycles. The van der Waals surface area contributed by atoms with E-state index in [0.29, 0.717) is 5.56 Å². The summed E-state index contributed by atoms with van der Waals surface area (Å²) < 4.78 is 12.9. The molecule has 0 saturated heterocycles. The first-order valence-electron chi connectivity index (χ1n) is 9.69. The maximum Gasteiger partial charge on any atom is 0.271 e. The molecule has 1 aliphatic rings. The molecule has 5 nitrogen and oxygen atoms in total. The van der Waals surface area contributed by atoms with Crippen molar-refractivity contribution in [2.24, 2.45) is 10.2 Å². The first-order chi connectivity index (χ1) is 14.6. The lowest BCUT2D eigenvalue weighted by Gasteiger charge is -2.13. The van der Waals surface area contributed by atoms with Gasteiger partial charge in [-0.3, -0.25) is 9.80 Å². The van der Waals surface area contributed by atoms with Crippen molar-refractivity contribution in [1.29, 1.82) is 0 Å². The number of nitrogens with zero attached hydrogens (tertiary/aromatic N) is 3. The number of halogens is 1. The number of nitrogens with one attached hydrogen (secondary N) is 1. The molecule has 30 heavy (non-hydrogen) atoms. The lowest BCUT2D eigenvalue weighted by Crippen LogP contribution is -2.17. The van der Waals surface area contributed by atoms with Crippen LogP contribution in [0.25, 0.3) is 0 Å². The van der Waals surface area contributed by atoms with Crippen LogP contribution in [0.5, 0.6) is 0 Å². The highest BCUT2D eigenvalue weighted by atomic mass is 19.1. The molecule has 0 atom stereocenters. The molecule has 1 amide bonds. The number of carbonyl (C=O) groups excluding carboxylic acids is 1. The van der Waals surface area contributed by atoms with Crippen molar-refractivity contribution in [3.8, 4) is 0 Å². The molecule has 1 heterocycles. The van der Waals surface area contributed by atoms with Gasteiger partial charge in [-0.1, -0.05) is 42.0 Å². The Labute approximate surface area is 174 Å². The second-order valence-corrected chi connectivity index (χ2v) is 7.08. The molecule has 3 aromatic carbocycles. The molecule has 4 rings (SSSR count). The topological polar surface area (TPSA) is 57.1 Å². The van der Waals surface area contributed by atoms with Crippen molar-refractivity contribution in [1.82, 2.24) is 5.43 Å². The Morgan fingerprint density at radius 2 is 1.73 bits per heavy atom. The fourth-order valence-electron chi connectivity index (χ4n) is 3.16. The van der Waals surface area contributed by atoms with Gasteiger partial charge in [-0.05, 0) is 54.4 Å². The van der Waals surface area contributed by atoms with Crippen LogP contribution in [0.3, 0.4) is 0 Å². The second-order valence-electron chi connectivity index (χ2n) is 7.08. The van der Waals surface area contributed by atoms with Crippen LogP contribution < -0.4 is 10.4 Å². The summed E-state index contributed by atoms with van der Waals surface area (Å²) in [6.45, 7) is 2.91. The summed E-state index contributed by atoms with van der Waals surface area (Å²) in [5.41, 5.74) is 8.12. The van der Waals surface area contributed by atoms with Gasteiger partial charge in [0, 0.05) is 18.5 Å². The molecule has 0 spiro atoms. The standard InChI is InChI=1S/C24H21FN4O/c1-17-2-6-19(7-3-17)23-14-15-29(28-23)22-12-4-18(5-13-22)16-26-27-24(30)20-8-10-21(25)11-9-20/h2-13,16H,14-15H2,1H3,(H,27,30)/b26-16+. The van der Waals surface area contributed by atoms with Gasteiger partial charge < -0.3 is 0 Å². The van der Waals surface area contributed by atoms with Crippen LogP contribution in [-0.4, -0.2) is 24.4 Å². The maximum absolute atomic E-state index is 12.9. The molecule has 0 fully saturated rings. The molecule has 0 aromatic heterocycles. The number of hydrazone groups is 2. The molecular weight excluding hydrogens is 379 g/mol. The van der Waals surface area contributed by atoms with Gasteiger partial charge in [-0.15, -0.1) is 0 Å². The highest BCUT2D eigenvalue weighted by Crippen LogP contribution is 2.22. The van der Waals surface area contributed by atoms with Crippen LogP contribution in [0.1, 0.15) is 33.5 Å². The molecule has 0 bridgehead atoms. The maximum atomic E-state index is 12.9. The van der Waals surface area contributed by atoms with Gasteiger partial charge in [0.05, 0.1) is 17.6 Å². The quantitative estimate of drug-likeness (QED) is 0.506. The highest BCUT2D eigenvalue weighted by Gasteiger charge is 2.17. The zero-order valence-corrected chi connectivity index (χ0v) is 16.5. The number of rotatable bonds is 5. The lowest BCUT2D eigenvalue weighted by molar-refractivity contribution is 0.0955. The number of hydrogen-bond acceptors (Lipinski definition) is 4. The molecule has 3 aromatic rings. The van der Waals surface area contributed by atoms with E-state index in [-0.39, 0.29) is 5.82 Å². The minimum absolute atomic E-state index is 0.347. The van der Waals surface area contributed by atoms with Crippen molar-refractivity contribution in [3.63, 3.8) is 0 Å². The molecular formula is C24H21FN4O. The van der Waals surface area contributed by atoms with Gasteiger partial charge >= 0.3 is 0 Å². The minimum atomic E-state index is -0.391. The summed E-state index contributed by atoms with van der Waals surface area (Å²) in [7, 11) is 0. The zero-order chi connectivity index (χ0) is 20.9. The Bertz CT molecular complexity index is 1090. The summed E-state index contributed by atoms with van der Waals surface area (Å²) in [5.74, 6) is -0.777. The number of anilines is 1. The fourth-order valence-corrected chi connectivity index (χ4v) is 3.16. The first kappa shape index (κ1) is 19.5. The van der Waals surface area contributed by atoms with Gasteiger partial charge in [0.1, 0.15) is 5.82 Å². The van der Waals surface area contributed by atoms with Crippen molar-refractivity contribution in [2.45, 2.75) is 13.3 Å². The van der Waals surface area contributed by atoms with E-state index in [9.17, 15) is 9.18 Å². The van der Waals surface area contributed by atoms with Gasteiger partial charge in [0.15, 0.2) is 0 Å². The second kappa shape index (κ2) is 8.69. The van der Waals surface area contributed by atoms with E-state index in [1.165, 1.54) is 29.8 Å². The van der Waals surface area contributed by atoms with E-state index >= 15 is 0 Å². The van der Waals surface area contributed by atoms with E-state index in [1.807, 2.05) is 29.3 Å². The molecule has 0 unspecified atom stereocenters. The van der Waals surface area contributed by atoms with Crippen molar-refractivity contribution in [3.05, 3.63) is 101 Å². The Hall–Kier alpha value is -3.80. The third-order valence-electron chi connectivity index (χ3n) is 4.86. The summed E-state index contributed by atoms with van der Waals surface area (Å²) >= 11 is 0. The number of amides is 1. The Morgan fingerprint density at radius 3 is 2.43 bits per heavy atom. The normalized spacial score (nSPS) is 13.5. The molecule has 1 aliphatic heterocycles. The van der Waals surface area contributed by atoms with Gasteiger partial charge in [-0.2, -0.15) is 10.2 Å². The van der Waals surface area contributed by atoms with Crippen LogP contribution in [0.2, 0.25) is 0 Å². The third-order valence-corrected chi connectivity index (χ3v) is 4.86. The Morgan fingerprint density at radius 1 is 1.03 bits per heavy atom. The van der Waals surface area contributed by atoms with E-state index in [0.717, 1.165) is 35.5 Å².